The summed E-state index contributed by atoms with van der Waals surface area (Å²) in [6.07, 6.45) is 2.06. The van der Waals surface area contributed by atoms with Crippen molar-refractivity contribution >= 4 is 11.6 Å². The fraction of sp³-hybridized carbons (Fsp3) is 0.333. The molecule has 1 fully saturated rings. The molecule has 0 radical (unpaired) electrons. The number of carbonyl (C=O) groups is 1. The maximum Gasteiger partial charge on any atom is 0.242 e. The lowest BCUT2D eigenvalue weighted by Gasteiger charge is -2.26. The topological polar surface area (TPSA) is 56.1 Å². The smallest absolute Gasteiger partial charge is 0.242 e. The molecule has 0 aromatic heterocycles. The molecule has 1 amide bonds. The van der Waals surface area contributed by atoms with Crippen LogP contribution in [0.25, 0.3) is 0 Å². The van der Waals surface area contributed by atoms with Crippen LogP contribution in [0.3, 0.4) is 0 Å². The van der Waals surface area contributed by atoms with Crippen molar-refractivity contribution in [1.82, 2.24) is 4.90 Å². The van der Waals surface area contributed by atoms with Gasteiger partial charge in [-0.25, -0.2) is 0 Å². The van der Waals surface area contributed by atoms with Crippen molar-refractivity contribution in [2.75, 3.05) is 18.4 Å². The standard InChI is InChI=1S/C21H23N3O/c1-15-10-16(2)12-18(11-15)20-4-3-9-24(20)21(25)14-23-19-7-5-17(13-22)6-8-19/h5-8,10-12,20,23H,3-4,9,14H2,1-2H3. The first-order valence-corrected chi connectivity index (χ1v) is 8.68. The minimum absolute atomic E-state index is 0.117. The lowest BCUT2D eigenvalue weighted by atomic mass is 9.99. The molecule has 25 heavy (non-hydrogen) atoms. The third-order valence-corrected chi connectivity index (χ3v) is 4.66. The van der Waals surface area contributed by atoms with Gasteiger partial charge in [-0.15, -0.1) is 0 Å². The molecule has 1 aliphatic rings. The zero-order valence-corrected chi connectivity index (χ0v) is 14.7. The van der Waals surface area contributed by atoms with Crippen LogP contribution in [0.5, 0.6) is 0 Å². The molecular weight excluding hydrogens is 310 g/mol. The van der Waals surface area contributed by atoms with Gasteiger partial charge in [0.05, 0.1) is 24.2 Å². The average molecular weight is 333 g/mol. The molecule has 0 spiro atoms. The van der Waals surface area contributed by atoms with Crippen LogP contribution in [0, 0.1) is 25.2 Å². The van der Waals surface area contributed by atoms with Gasteiger partial charge < -0.3 is 10.2 Å². The van der Waals surface area contributed by atoms with Gasteiger partial charge in [0.2, 0.25) is 5.91 Å². The van der Waals surface area contributed by atoms with E-state index in [0.29, 0.717) is 5.56 Å². The Morgan fingerprint density at radius 1 is 1.20 bits per heavy atom. The quantitative estimate of drug-likeness (QED) is 0.921. The van der Waals surface area contributed by atoms with Crippen molar-refractivity contribution in [3.63, 3.8) is 0 Å². The van der Waals surface area contributed by atoms with Crippen LogP contribution in [0.2, 0.25) is 0 Å². The molecule has 128 valence electrons. The van der Waals surface area contributed by atoms with E-state index in [2.05, 4.69) is 43.4 Å². The molecule has 2 aromatic rings. The third-order valence-electron chi connectivity index (χ3n) is 4.66. The Kier molecular flexibility index (Phi) is 5.04. The predicted octanol–water partition coefficient (Wildman–Crippen LogP) is 3.95. The second-order valence-corrected chi connectivity index (χ2v) is 6.71. The highest BCUT2D eigenvalue weighted by Crippen LogP contribution is 2.33. The van der Waals surface area contributed by atoms with Gasteiger partial charge in [0.25, 0.3) is 0 Å². The highest BCUT2D eigenvalue weighted by molar-refractivity contribution is 5.81. The molecule has 1 aliphatic heterocycles. The van der Waals surface area contributed by atoms with Crippen molar-refractivity contribution in [3.8, 4) is 6.07 Å². The summed E-state index contributed by atoms with van der Waals surface area (Å²) >= 11 is 0. The molecule has 1 unspecified atom stereocenters. The van der Waals surface area contributed by atoms with Gasteiger partial charge in [0.15, 0.2) is 0 Å². The van der Waals surface area contributed by atoms with Crippen LogP contribution in [-0.4, -0.2) is 23.9 Å². The van der Waals surface area contributed by atoms with E-state index in [9.17, 15) is 4.79 Å². The van der Waals surface area contributed by atoms with E-state index < -0.39 is 0 Å². The number of anilines is 1. The number of carbonyl (C=O) groups excluding carboxylic acids is 1. The van der Waals surface area contributed by atoms with Crippen LogP contribution in [0.1, 0.15) is 41.1 Å². The minimum atomic E-state index is 0.117. The van der Waals surface area contributed by atoms with Crippen LogP contribution < -0.4 is 5.32 Å². The van der Waals surface area contributed by atoms with Gasteiger partial charge in [-0.2, -0.15) is 5.26 Å². The van der Waals surface area contributed by atoms with Crippen molar-refractivity contribution < 1.29 is 4.79 Å². The second kappa shape index (κ2) is 7.40. The fourth-order valence-electron chi connectivity index (χ4n) is 3.56. The molecule has 4 nitrogen and oxygen atoms in total. The Balaban J connectivity index is 1.67. The second-order valence-electron chi connectivity index (χ2n) is 6.71. The number of nitriles is 1. The Hall–Kier alpha value is -2.80. The van der Waals surface area contributed by atoms with Crippen LogP contribution in [0.4, 0.5) is 5.69 Å². The fourth-order valence-corrected chi connectivity index (χ4v) is 3.56. The van der Waals surface area contributed by atoms with E-state index in [0.717, 1.165) is 25.1 Å². The number of hydrogen-bond donors (Lipinski definition) is 1. The number of benzene rings is 2. The van der Waals surface area contributed by atoms with Gasteiger partial charge in [0, 0.05) is 12.2 Å². The van der Waals surface area contributed by atoms with E-state index in [1.165, 1.54) is 16.7 Å². The summed E-state index contributed by atoms with van der Waals surface area (Å²) in [6, 6.07) is 16.0. The van der Waals surface area contributed by atoms with Gasteiger partial charge >= 0.3 is 0 Å². The van der Waals surface area contributed by atoms with E-state index in [1.807, 2.05) is 17.0 Å². The number of nitrogens with zero attached hydrogens (tertiary/aromatic N) is 2. The highest BCUT2D eigenvalue weighted by Gasteiger charge is 2.29. The molecule has 3 rings (SSSR count). The molecule has 0 aliphatic carbocycles. The van der Waals surface area contributed by atoms with E-state index in [4.69, 9.17) is 5.26 Å². The summed E-state index contributed by atoms with van der Waals surface area (Å²) in [6.45, 7) is 5.28. The van der Waals surface area contributed by atoms with E-state index >= 15 is 0 Å². The van der Waals surface area contributed by atoms with Crippen molar-refractivity contribution in [2.45, 2.75) is 32.7 Å². The summed E-state index contributed by atoms with van der Waals surface area (Å²) in [4.78, 5) is 14.7. The maximum absolute atomic E-state index is 12.7. The van der Waals surface area contributed by atoms with Crippen molar-refractivity contribution in [3.05, 3.63) is 64.7 Å². The Morgan fingerprint density at radius 2 is 1.88 bits per heavy atom. The number of amides is 1. The number of hydrogen-bond acceptors (Lipinski definition) is 3. The minimum Gasteiger partial charge on any atom is -0.376 e. The number of nitrogens with one attached hydrogen (secondary N) is 1. The van der Waals surface area contributed by atoms with Crippen molar-refractivity contribution in [1.29, 1.82) is 5.26 Å². The Morgan fingerprint density at radius 3 is 2.52 bits per heavy atom. The Bertz CT molecular complexity index is 785. The monoisotopic (exact) mass is 333 g/mol. The van der Waals surface area contributed by atoms with Crippen LogP contribution in [-0.2, 0) is 4.79 Å². The lowest BCUT2D eigenvalue weighted by molar-refractivity contribution is -0.130. The van der Waals surface area contributed by atoms with Gasteiger partial charge in [0.1, 0.15) is 0 Å². The zero-order valence-electron chi connectivity index (χ0n) is 14.7. The molecular formula is C21H23N3O. The van der Waals surface area contributed by atoms with Gasteiger partial charge in [-0.1, -0.05) is 29.3 Å². The molecule has 0 bridgehead atoms. The summed E-state index contributed by atoms with van der Waals surface area (Å²) in [7, 11) is 0. The van der Waals surface area contributed by atoms with Crippen molar-refractivity contribution in [2.24, 2.45) is 0 Å². The first kappa shape index (κ1) is 17.0. The molecule has 1 saturated heterocycles. The summed E-state index contributed by atoms with van der Waals surface area (Å²) in [5.74, 6) is 0.117. The van der Waals surface area contributed by atoms with Gasteiger partial charge in [-0.3, -0.25) is 4.79 Å². The molecule has 1 heterocycles. The van der Waals surface area contributed by atoms with Crippen LogP contribution in [0.15, 0.2) is 42.5 Å². The average Bonchev–Trinajstić information content (AvgIpc) is 3.09. The third kappa shape index (κ3) is 4.00. The molecule has 1 atom stereocenters. The largest absolute Gasteiger partial charge is 0.376 e. The molecule has 4 heteroatoms. The highest BCUT2D eigenvalue weighted by atomic mass is 16.2. The zero-order chi connectivity index (χ0) is 17.8. The normalized spacial score (nSPS) is 16.5. The SMILES string of the molecule is Cc1cc(C)cc(C2CCCN2C(=O)CNc2ccc(C#N)cc2)c1. The lowest BCUT2D eigenvalue weighted by Crippen LogP contribution is -2.35. The molecule has 0 saturated carbocycles. The summed E-state index contributed by atoms with van der Waals surface area (Å²) < 4.78 is 0. The van der Waals surface area contributed by atoms with Crippen LogP contribution >= 0.6 is 0 Å². The summed E-state index contributed by atoms with van der Waals surface area (Å²) in [5, 5.41) is 12.0. The molecule has 1 N–H and O–H groups in total. The van der Waals surface area contributed by atoms with E-state index in [-0.39, 0.29) is 18.5 Å². The number of likely N-dealkylation sites (tertiary alicyclic amines) is 1. The predicted molar refractivity (Wildman–Crippen MR) is 99.3 cm³/mol. The molecule has 2 aromatic carbocycles. The van der Waals surface area contributed by atoms with Gasteiger partial charge in [-0.05, 0) is 56.5 Å². The van der Waals surface area contributed by atoms with E-state index in [1.54, 1.807) is 12.1 Å². The summed E-state index contributed by atoms with van der Waals surface area (Å²) in [5.41, 5.74) is 5.19. The Labute approximate surface area is 149 Å². The number of aryl methyl sites for hydroxylation is 2. The first-order valence-electron chi connectivity index (χ1n) is 8.68. The maximum atomic E-state index is 12.7. The first-order chi connectivity index (χ1) is 12.1. The number of rotatable bonds is 4.